The molecule has 0 spiro atoms. The van der Waals surface area contributed by atoms with Crippen LogP contribution in [0.4, 0.5) is 0 Å². The molecule has 0 unspecified atom stereocenters. The lowest BCUT2D eigenvalue weighted by atomic mass is 9.84. The highest BCUT2D eigenvalue weighted by atomic mass is 16.8. The Hall–Kier alpha value is -3.25. The summed E-state index contributed by atoms with van der Waals surface area (Å²) in [6.45, 7) is -0.878. The van der Waals surface area contributed by atoms with Crippen LogP contribution in [0, 0.1) is 5.92 Å². The van der Waals surface area contributed by atoms with Crippen molar-refractivity contribution >= 4 is 5.97 Å². The number of benzene rings is 2. The van der Waals surface area contributed by atoms with Gasteiger partial charge in [-0.3, -0.25) is 4.79 Å². The molecule has 2 aromatic carbocycles. The average molecular weight is 639 g/mol. The molecule has 45 heavy (non-hydrogen) atoms. The Morgan fingerprint density at radius 3 is 2.31 bits per heavy atom. The standard InChI is InChI=1S/C30H38O15/c1-39-20-9-14(4-5-17(20)32)16-11-41-28(38)15(16)7-13-3-6-19(21(8-13)40-2)43-30-27(25(36)24(35)22(10-31)44-30)45-29-26(37)23(34)18(33)12-42-29/h3-6,8-9,15-16,18,22-27,29-37H,7,10-12H2,1-2H3/t15-,16-,18-,22-,23+,24-,25+,26-,27-,29+,30-/m1/s1. The van der Waals surface area contributed by atoms with E-state index in [-0.39, 0.29) is 54.5 Å². The zero-order valence-corrected chi connectivity index (χ0v) is 24.5. The van der Waals surface area contributed by atoms with E-state index in [0.29, 0.717) is 5.56 Å². The number of phenols is 1. The highest BCUT2D eigenvalue weighted by molar-refractivity contribution is 5.76. The van der Waals surface area contributed by atoms with Crippen molar-refractivity contribution in [3.63, 3.8) is 0 Å². The highest BCUT2D eigenvalue weighted by Gasteiger charge is 2.50. The zero-order chi connectivity index (χ0) is 32.4. The van der Waals surface area contributed by atoms with Crippen LogP contribution in [-0.4, -0.2) is 131 Å². The van der Waals surface area contributed by atoms with Gasteiger partial charge in [0.2, 0.25) is 6.29 Å². The summed E-state index contributed by atoms with van der Waals surface area (Å²) in [4.78, 5) is 12.7. The number of carbonyl (C=O) groups excluding carboxylic acids is 1. The summed E-state index contributed by atoms with van der Waals surface area (Å²) in [7, 11) is 2.83. The van der Waals surface area contributed by atoms with Crippen molar-refractivity contribution in [1.82, 2.24) is 0 Å². The predicted octanol–water partition coefficient (Wildman–Crippen LogP) is -1.45. The Kier molecular flexibility index (Phi) is 10.3. The van der Waals surface area contributed by atoms with Crippen molar-refractivity contribution < 1.29 is 73.7 Å². The molecule has 0 radical (unpaired) electrons. The quantitative estimate of drug-likeness (QED) is 0.148. The van der Waals surface area contributed by atoms with Gasteiger partial charge in [0.1, 0.15) is 36.6 Å². The Morgan fingerprint density at radius 1 is 0.844 bits per heavy atom. The van der Waals surface area contributed by atoms with E-state index in [9.17, 15) is 40.5 Å². The molecule has 3 fully saturated rings. The van der Waals surface area contributed by atoms with Gasteiger partial charge in [0.25, 0.3) is 0 Å². The van der Waals surface area contributed by atoms with Crippen molar-refractivity contribution in [2.24, 2.45) is 5.92 Å². The van der Waals surface area contributed by atoms with Crippen LogP contribution in [0.5, 0.6) is 23.0 Å². The van der Waals surface area contributed by atoms with Gasteiger partial charge in [0, 0.05) is 5.92 Å². The van der Waals surface area contributed by atoms with Crippen molar-refractivity contribution in [3.05, 3.63) is 47.5 Å². The number of hydrogen-bond donors (Lipinski definition) is 7. The van der Waals surface area contributed by atoms with Crippen molar-refractivity contribution in [1.29, 1.82) is 0 Å². The number of methoxy groups -OCH3 is 2. The zero-order valence-electron chi connectivity index (χ0n) is 24.5. The molecule has 2 aromatic rings. The van der Waals surface area contributed by atoms with Crippen LogP contribution in [0.1, 0.15) is 17.0 Å². The highest BCUT2D eigenvalue weighted by Crippen LogP contribution is 2.40. The topological polar surface area (TPSA) is 223 Å². The molecule has 3 saturated heterocycles. The summed E-state index contributed by atoms with van der Waals surface area (Å²) in [6.07, 6.45) is -13.4. The summed E-state index contributed by atoms with van der Waals surface area (Å²) in [5.41, 5.74) is 1.47. The second kappa shape index (κ2) is 14.0. The Labute approximate surface area is 258 Å². The van der Waals surface area contributed by atoms with Gasteiger partial charge in [-0.2, -0.15) is 0 Å². The van der Waals surface area contributed by atoms with E-state index >= 15 is 0 Å². The molecule has 15 nitrogen and oxygen atoms in total. The minimum absolute atomic E-state index is 0.0240. The molecule has 11 atom stereocenters. The van der Waals surface area contributed by atoms with Gasteiger partial charge >= 0.3 is 5.97 Å². The molecule has 0 aromatic heterocycles. The van der Waals surface area contributed by atoms with Crippen LogP contribution < -0.4 is 14.2 Å². The maximum absolute atomic E-state index is 12.7. The van der Waals surface area contributed by atoms with Gasteiger partial charge in [-0.1, -0.05) is 12.1 Å². The third-order valence-corrected chi connectivity index (χ3v) is 8.32. The monoisotopic (exact) mass is 638 g/mol. The molecule has 15 heteroatoms. The largest absolute Gasteiger partial charge is 0.504 e. The molecule has 0 bridgehead atoms. The minimum atomic E-state index is -1.70. The first-order valence-electron chi connectivity index (χ1n) is 14.4. The second-order valence-electron chi connectivity index (χ2n) is 11.1. The smallest absolute Gasteiger partial charge is 0.310 e. The predicted molar refractivity (Wildman–Crippen MR) is 150 cm³/mol. The van der Waals surface area contributed by atoms with E-state index in [2.05, 4.69) is 0 Å². The maximum atomic E-state index is 12.7. The van der Waals surface area contributed by atoms with Gasteiger partial charge in [-0.15, -0.1) is 0 Å². The molecular weight excluding hydrogens is 600 g/mol. The number of aliphatic hydroxyl groups is 6. The number of hydrogen-bond acceptors (Lipinski definition) is 15. The number of aliphatic hydroxyl groups excluding tert-OH is 6. The first kappa shape index (κ1) is 33.1. The van der Waals surface area contributed by atoms with E-state index in [4.69, 9.17) is 33.2 Å². The minimum Gasteiger partial charge on any atom is -0.504 e. The Morgan fingerprint density at radius 2 is 1.60 bits per heavy atom. The number of aromatic hydroxyl groups is 1. The summed E-state index contributed by atoms with van der Waals surface area (Å²) >= 11 is 0. The van der Waals surface area contributed by atoms with Crippen LogP contribution in [0.15, 0.2) is 36.4 Å². The summed E-state index contributed by atoms with van der Waals surface area (Å²) < 4.78 is 38.8. The number of carbonyl (C=O) groups is 1. The van der Waals surface area contributed by atoms with Crippen LogP contribution in [0.25, 0.3) is 0 Å². The maximum Gasteiger partial charge on any atom is 0.310 e. The van der Waals surface area contributed by atoms with Gasteiger partial charge in [0.05, 0.1) is 40.0 Å². The number of esters is 1. The molecule has 0 aliphatic carbocycles. The van der Waals surface area contributed by atoms with Crippen LogP contribution in [0.3, 0.4) is 0 Å². The number of cyclic esters (lactones) is 1. The van der Waals surface area contributed by atoms with E-state index in [0.717, 1.165) is 5.56 Å². The molecule has 0 saturated carbocycles. The van der Waals surface area contributed by atoms with Crippen LogP contribution in [-0.2, 0) is 30.2 Å². The molecule has 3 aliphatic rings. The lowest BCUT2D eigenvalue weighted by molar-refractivity contribution is -0.345. The van der Waals surface area contributed by atoms with Gasteiger partial charge < -0.3 is 68.9 Å². The fraction of sp³-hybridized carbons (Fsp3) is 0.567. The normalized spacial score (nSPS) is 35.1. The first-order chi connectivity index (χ1) is 21.6. The number of rotatable bonds is 10. The first-order valence-corrected chi connectivity index (χ1v) is 14.4. The molecule has 0 amide bonds. The van der Waals surface area contributed by atoms with Gasteiger partial charge in [-0.05, 0) is 41.8 Å². The van der Waals surface area contributed by atoms with E-state index in [1.807, 2.05) is 0 Å². The summed E-state index contributed by atoms with van der Waals surface area (Å²) in [6, 6.07) is 9.76. The molecular formula is C30H38O15. The van der Waals surface area contributed by atoms with E-state index in [1.165, 1.54) is 20.3 Å². The molecule has 248 valence electrons. The van der Waals surface area contributed by atoms with Crippen molar-refractivity contribution in [3.8, 4) is 23.0 Å². The molecule has 5 rings (SSSR count). The summed E-state index contributed by atoms with van der Waals surface area (Å²) in [5, 5.41) is 71.2. The third kappa shape index (κ3) is 6.82. The van der Waals surface area contributed by atoms with E-state index in [1.54, 1.807) is 30.3 Å². The molecule has 3 heterocycles. The lowest BCUT2D eigenvalue weighted by Crippen LogP contribution is -2.63. The number of phenolic OH excluding ortho intramolecular Hbond substituents is 1. The van der Waals surface area contributed by atoms with Gasteiger partial charge in [0.15, 0.2) is 35.4 Å². The van der Waals surface area contributed by atoms with Crippen LogP contribution in [0.2, 0.25) is 0 Å². The SMILES string of the molecule is COc1cc([C@H]2COC(=O)[C@@H]2Cc2ccc(O[C@@H]3O[C@H](CO)[C@@H](O)[C@H](O)[C@H]3O[C@@H]3OC[C@@H](O)[C@H](O)[C@H]3O)c(OC)c2)ccc1O. The fourth-order valence-electron chi connectivity index (χ4n) is 5.70. The number of ether oxygens (including phenoxy) is 7. The summed E-state index contributed by atoms with van der Waals surface area (Å²) in [5.74, 6) is -0.637. The average Bonchev–Trinajstić information content (AvgIpc) is 3.40. The Balaban J connectivity index is 1.35. The van der Waals surface area contributed by atoms with E-state index < -0.39 is 67.8 Å². The lowest BCUT2D eigenvalue weighted by Gasteiger charge is -2.44. The molecule has 7 N–H and O–H groups in total. The Bertz CT molecular complexity index is 1320. The van der Waals surface area contributed by atoms with Crippen LogP contribution >= 0.6 is 0 Å². The second-order valence-corrected chi connectivity index (χ2v) is 11.1. The third-order valence-electron chi connectivity index (χ3n) is 8.32. The van der Waals surface area contributed by atoms with Gasteiger partial charge in [-0.25, -0.2) is 0 Å². The van der Waals surface area contributed by atoms with Crippen molar-refractivity contribution in [2.45, 2.75) is 67.6 Å². The van der Waals surface area contributed by atoms with Crippen molar-refractivity contribution in [2.75, 3.05) is 34.0 Å². The fourth-order valence-corrected chi connectivity index (χ4v) is 5.70. The molecule has 3 aliphatic heterocycles.